The number of rotatable bonds is 4. The van der Waals surface area contributed by atoms with Gasteiger partial charge in [-0.15, -0.1) is 0 Å². The van der Waals surface area contributed by atoms with Gasteiger partial charge in [-0.05, 0) is 12.1 Å². The van der Waals surface area contributed by atoms with Crippen LogP contribution in [0.3, 0.4) is 0 Å². The first-order chi connectivity index (χ1) is 10.9. The molecule has 2 aromatic rings. The third kappa shape index (κ3) is 3.39. The lowest BCUT2D eigenvalue weighted by atomic mass is 9.91. The minimum Gasteiger partial charge on any atom is -0.433 e. The molecule has 0 radical (unpaired) electrons. The summed E-state index contributed by atoms with van der Waals surface area (Å²) in [5.74, 6) is -0.405. The number of amides is 1. The highest BCUT2D eigenvalue weighted by atomic mass is 35.5. The zero-order valence-electron chi connectivity index (χ0n) is 11.7. The van der Waals surface area contributed by atoms with Gasteiger partial charge in [0.05, 0.1) is 16.1 Å². The number of benzene rings is 1. The van der Waals surface area contributed by atoms with E-state index in [2.05, 4.69) is 15.0 Å². The highest BCUT2D eigenvalue weighted by Gasteiger charge is 2.28. The molecule has 23 heavy (non-hydrogen) atoms. The zero-order valence-corrected chi connectivity index (χ0v) is 12.4. The fourth-order valence-corrected chi connectivity index (χ4v) is 2.52. The number of carbonyl (C=O) groups is 2. The van der Waals surface area contributed by atoms with E-state index in [-0.39, 0.29) is 28.5 Å². The second kappa shape index (κ2) is 6.08. The number of nitrogens with one attached hydrogen (secondary N) is 1. The van der Waals surface area contributed by atoms with Crippen LogP contribution in [0.25, 0.3) is 10.9 Å². The molecule has 1 aliphatic carbocycles. The van der Waals surface area contributed by atoms with Crippen LogP contribution in [-0.4, -0.2) is 29.3 Å². The van der Waals surface area contributed by atoms with Crippen molar-refractivity contribution in [2.24, 2.45) is 0 Å². The van der Waals surface area contributed by atoms with E-state index in [1.165, 1.54) is 18.3 Å². The number of Topliss-reactive ketones (excluding diaryl/α,β-unsaturated/α-hetero) is 1. The Bertz CT molecular complexity index is 790. The second-order valence-corrected chi connectivity index (χ2v) is 5.60. The molecule has 3 rings (SSSR count). The predicted molar refractivity (Wildman–Crippen MR) is 78.9 cm³/mol. The molecule has 8 heteroatoms. The Labute approximate surface area is 134 Å². The van der Waals surface area contributed by atoms with Gasteiger partial charge in [0.25, 0.3) is 5.91 Å². The number of ether oxygens (including phenoxy) is 1. The van der Waals surface area contributed by atoms with Crippen molar-refractivity contribution in [3.63, 3.8) is 0 Å². The molecule has 0 unspecified atom stereocenters. The maximum Gasteiger partial charge on any atom is 0.387 e. The normalized spacial score (nSPS) is 14.9. The monoisotopic (exact) mass is 340 g/mol. The molecule has 1 aromatic carbocycles. The van der Waals surface area contributed by atoms with Gasteiger partial charge in [0, 0.05) is 36.5 Å². The van der Waals surface area contributed by atoms with Gasteiger partial charge in [0.1, 0.15) is 11.5 Å². The number of hydrogen-bond acceptors (Lipinski definition) is 4. The molecule has 1 aromatic heterocycles. The van der Waals surface area contributed by atoms with Gasteiger partial charge in [-0.3, -0.25) is 14.6 Å². The molecule has 0 aliphatic heterocycles. The molecule has 1 N–H and O–H groups in total. The van der Waals surface area contributed by atoms with Crippen LogP contribution in [0, 0.1) is 0 Å². The quantitative estimate of drug-likeness (QED) is 0.929. The molecule has 1 fully saturated rings. The van der Waals surface area contributed by atoms with Crippen molar-refractivity contribution in [3.05, 3.63) is 35.0 Å². The average Bonchev–Trinajstić information content (AvgIpc) is 2.45. The Hall–Kier alpha value is -2.28. The molecule has 1 amide bonds. The fourth-order valence-electron chi connectivity index (χ4n) is 2.30. The lowest BCUT2D eigenvalue weighted by Crippen LogP contribution is -2.44. The maximum atomic E-state index is 12.3. The van der Waals surface area contributed by atoms with Crippen LogP contribution in [0.15, 0.2) is 24.4 Å². The van der Waals surface area contributed by atoms with Gasteiger partial charge in [-0.1, -0.05) is 11.6 Å². The summed E-state index contributed by atoms with van der Waals surface area (Å²) < 4.78 is 28.9. The number of ketones is 1. The summed E-state index contributed by atoms with van der Waals surface area (Å²) in [4.78, 5) is 27.0. The molecule has 1 aliphatic rings. The molecule has 1 saturated carbocycles. The SMILES string of the molecule is O=C1CC(NC(=O)c2cnc3cc(OC(F)F)c(Cl)cc3c2)C1. The van der Waals surface area contributed by atoms with E-state index in [0.717, 1.165) is 0 Å². The summed E-state index contributed by atoms with van der Waals surface area (Å²) >= 11 is 5.89. The topological polar surface area (TPSA) is 68.3 Å². The molecular weight excluding hydrogens is 330 g/mol. The summed E-state index contributed by atoms with van der Waals surface area (Å²) in [6, 6.07) is 4.11. The Kier molecular flexibility index (Phi) is 4.12. The summed E-state index contributed by atoms with van der Waals surface area (Å²) in [6.07, 6.45) is 2.01. The minimum absolute atomic E-state index is 0.00162. The number of carbonyl (C=O) groups excluding carboxylic acids is 2. The molecule has 0 bridgehead atoms. The third-order valence-corrected chi connectivity index (χ3v) is 3.79. The van der Waals surface area contributed by atoms with E-state index in [1.54, 1.807) is 6.07 Å². The Morgan fingerprint density at radius 3 is 2.74 bits per heavy atom. The molecule has 1 heterocycles. The van der Waals surface area contributed by atoms with E-state index in [9.17, 15) is 18.4 Å². The van der Waals surface area contributed by atoms with Gasteiger partial charge in [-0.25, -0.2) is 0 Å². The minimum atomic E-state index is -2.99. The van der Waals surface area contributed by atoms with E-state index in [1.807, 2.05) is 0 Å². The number of aromatic nitrogens is 1. The number of fused-ring (bicyclic) bond motifs is 1. The van der Waals surface area contributed by atoms with Crippen molar-refractivity contribution in [1.82, 2.24) is 10.3 Å². The molecule has 0 atom stereocenters. The van der Waals surface area contributed by atoms with E-state index in [0.29, 0.717) is 29.3 Å². The largest absolute Gasteiger partial charge is 0.433 e. The van der Waals surface area contributed by atoms with Crippen LogP contribution in [0.5, 0.6) is 5.75 Å². The summed E-state index contributed by atoms with van der Waals surface area (Å²) in [5.41, 5.74) is 0.677. The van der Waals surface area contributed by atoms with Crippen LogP contribution in [0.1, 0.15) is 23.2 Å². The van der Waals surface area contributed by atoms with Crippen LogP contribution < -0.4 is 10.1 Å². The lowest BCUT2D eigenvalue weighted by molar-refractivity contribution is -0.124. The standard InChI is InChI=1S/C15H11ClF2N2O3/c16-11-2-7-1-8(14(22)20-9-3-10(21)4-9)6-19-12(7)5-13(11)23-15(17)18/h1-2,5-6,9,15H,3-4H2,(H,20,22). The summed E-state index contributed by atoms with van der Waals surface area (Å²) in [7, 11) is 0. The Morgan fingerprint density at radius 1 is 1.35 bits per heavy atom. The highest BCUT2D eigenvalue weighted by molar-refractivity contribution is 6.32. The zero-order chi connectivity index (χ0) is 16.6. The highest BCUT2D eigenvalue weighted by Crippen LogP contribution is 2.30. The van der Waals surface area contributed by atoms with Crippen LogP contribution in [0.4, 0.5) is 8.78 Å². The first-order valence-corrected chi connectivity index (χ1v) is 7.17. The van der Waals surface area contributed by atoms with Crippen molar-refractivity contribution in [3.8, 4) is 5.75 Å². The first kappa shape index (κ1) is 15.6. The number of pyridine rings is 1. The van der Waals surface area contributed by atoms with Gasteiger partial charge < -0.3 is 10.1 Å². The van der Waals surface area contributed by atoms with Crippen LogP contribution in [-0.2, 0) is 4.79 Å². The smallest absolute Gasteiger partial charge is 0.387 e. The molecule has 120 valence electrons. The fraction of sp³-hybridized carbons (Fsp3) is 0.267. The van der Waals surface area contributed by atoms with Crippen molar-refractivity contribution in [1.29, 1.82) is 0 Å². The van der Waals surface area contributed by atoms with Crippen molar-refractivity contribution in [2.45, 2.75) is 25.5 Å². The van der Waals surface area contributed by atoms with Crippen LogP contribution in [0.2, 0.25) is 5.02 Å². The Morgan fingerprint density at radius 2 is 2.09 bits per heavy atom. The summed E-state index contributed by atoms with van der Waals surface area (Å²) in [5, 5.41) is 3.25. The van der Waals surface area contributed by atoms with E-state index >= 15 is 0 Å². The molecule has 0 spiro atoms. The van der Waals surface area contributed by atoms with Gasteiger partial charge >= 0.3 is 6.61 Å². The van der Waals surface area contributed by atoms with Gasteiger partial charge in [0.2, 0.25) is 0 Å². The molecule has 5 nitrogen and oxygen atoms in total. The number of hydrogen-bond donors (Lipinski definition) is 1. The van der Waals surface area contributed by atoms with Crippen molar-refractivity contribution in [2.75, 3.05) is 0 Å². The molecular formula is C15H11ClF2N2O3. The van der Waals surface area contributed by atoms with E-state index in [4.69, 9.17) is 11.6 Å². The lowest BCUT2D eigenvalue weighted by Gasteiger charge is -2.25. The Balaban J connectivity index is 1.83. The molecule has 0 saturated heterocycles. The maximum absolute atomic E-state index is 12.3. The summed E-state index contributed by atoms with van der Waals surface area (Å²) in [6.45, 7) is -2.99. The van der Waals surface area contributed by atoms with Gasteiger partial charge in [-0.2, -0.15) is 8.78 Å². The second-order valence-electron chi connectivity index (χ2n) is 5.20. The number of nitrogens with zero attached hydrogens (tertiary/aromatic N) is 1. The number of halogens is 3. The first-order valence-electron chi connectivity index (χ1n) is 6.79. The van der Waals surface area contributed by atoms with Crippen molar-refractivity contribution >= 4 is 34.2 Å². The van der Waals surface area contributed by atoms with Crippen LogP contribution >= 0.6 is 11.6 Å². The van der Waals surface area contributed by atoms with Gasteiger partial charge in [0.15, 0.2) is 0 Å². The third-order valence-electron chi connectivity index (χ3n) is 3.50. The average molecular weight is 341 g/mol. The predicted octanol–water partition coefficient (Wildman–Crippen LogP) is 2.95. The number of alkyl halides is 2. The van der Waals surface area contributed by atoms with E-state index < -0.39 is 6.61 Å². The van der Waals surface area contributed by atoms with Crippen molar-refractivity contribution < 1.29 is 23.1 Å².